The van der Waals surface area contributed by atoms with Crippen LogP contribution in [0.5, 0.6) is 11.5 Å². The molecule has 0 saturated heterocycles. The van der Waals surface area contributed by atoms with Crippen molar-refractivity contribution in [2.45, 2.75) is 0 Å². The molecule has 1 rings (SSSR count). The van der Waals surface area contributed by atoms with Gasteiger partial charge in [0.2, 0.25) is 0 Å². The summed E-state index contributed by atoms with van der Waals surface area (Å²) >= 11 is 0. The lowest BCUT2D eigenvalue weighted by Gasteiger charge is -1.96. The van der Waals surface area contributed by atoms with Crippen LogP contribution in [0.1, 0.15) is 0 Å². The molecule has 0 bridgehead atoms. The number of hydrogen-bond donors (Lipinski definition) is 1. The lowest BCUT2D eigenvalue weighted by molar-refractivity contribution is 0.412. The van der Waals surface area contributed by atoms with Crippen molar-refractivity contribution < 1.29 is 9.84 Å². The lowest BCUT2D eigenvalue weighted by atomic mass is 10.3. The Morgan fingerprint density at radius 2 is 2.33 bits per heavy atom. The van der Waals surface area contributed by atoms with E-state index in [0.29, 0.717) is 5.75 Å². The maximum Gasteiger partial charge on any atom is 0.123 e. The van der Waals surface area contributed by atoms with Gasteiger partial charge in [0.1, 0.15) is 11.5 Å². The van der Waals surface area contributed by atoms with E-state index in [0.717, 1.165) is 0 Å². The van der Waals surface area contributed by atoms with Crippen LogP contribution in [-0.2, 0) is 0 Å². The average Bonchev–Trinajstić information content (AvgIpc) is 1.90. The topological polar surface area (TPSA) is 29.5 Å². The predicted molar refractivity (Wildman–Crippen MR) is 33.5 cm³/mol. The summed E-state index contributed by atoms with van der Waals surface area (Å²) in [6, 6.07) is 7.36. The van der Waals surface area contributed by atoms with Crippen LogP contribution in [0.4, 0.5) is 0 Å². The first kappa shape index (κ1) is 5.95. The summed E-state index contributed by atoms with van der Waals surface area (Å²) in [5.41, 5.74) is 0. The highest BCUT2D eigenvalue weighted by molar-refractivity contribution is 5.28. The molecule has 0 saturated carbocycles. The van der Waals surface area contributed by atoms with Crippen LogP contribution >= 0.6 is 0 Å². The van der Waals surface area contributed by atoms with Crippen molar-refractivity contribution in [2.75, 3.05) is 7.11 Å². The number of aromatic hydroxyl groups is 1. The lowest BCUT2D eigenvalue weighted by Crippen LogP contribution is -1.79. The van der Waals surface area contributed by atoms with Gasteiger partial charge in [-0.05, 0) is 18.2 Å². The minimum Gasteiger partial charge on any atom is -0.507 e. The van der Waals surface area contributed by atoms with E-state index in [2.05, 4.69) is 6.07 Å². The maximum atomic E-state index is 8.74. The molecule has 47 valence electrons. The molecule has 0 aromatic heterocycles. The molecule has 0 fully saturated rings. The van der Waals surface area contributed by atoms with Crippen molar-refractivity contribution in [2.24, 2.45) is 0 Å². The molecule has 0 unspecified atom stereocenters. The zero-order chi connectivity index (χ0) is 6.69. The molecule has 1 radical (unpaired) electrons. The number of phenols is 1. The van der Waals surface area contributed by atoms with E-state index in [4.69, 9.17) is 9.84 Å². The number of methoxy groups -OCH3 is 1. The standard InChI is InChI=1S/C7H7O2/c1-9-7-4-2-6(8)3-5-7/h2,4-5,8H,1H3. The Hall–Kier alpha value is -1.18. The minimum absolute atomic E-state index is 0.135. The third kappa shape index (κ3) is 1.35. The third-order valence-electron chi connectivity index (χ3n) is 1.00. The van der Waals surface area contributed by atoms with Gasteiger partial charge < -0.3 is 9.84 Å². The first-order valence-corrected chi connectivity index (χ1v) is 2.57. The number of phenolic OH excluding ortho intramolecular Hbond substituents is 1. The zero-order valence-electron chi connectivity index (χ0n) is 5.09. The Labute approximate surface area is 53.7 Å². The Morgan fingerprint density at radius 1 is 1.56 bits per heavy atom. The third-order valence-corrected chi connectivity index (χ3v) is 1.00. The van der Waals surface area contributed by atoms with Crippen molar-refractivity contribution in [1.29, 1.82) is 0 Å². The van der Waals surface area contributed by atoms with Gasteiger partial charge in [-0.1, -0.05) is 0 Å². The monoisotopic (exact) mass is 123 g/mol. The SMILES string of the molecule is COc1c[c]c(O)cc1. The van der Waals surface area contributed by atoms with Gasteiger partial charge in [-0.2, -0.15) is 0 Å². The summed E-state index contributed by atoms with van der Waals surface area (Å²) in [4.78, 5) is 0. The number of benzene rings is 1. The first-order valence-electron chi connectivity index (χ1n) is 2.57. The van der Waals surface area contributed by atoms with Gasteiger partial charge in [-0.3, -0.25) is 0 Å². The van der Waals surface area contributed by atoms with E-state index < -0.39 is 0 Å². The van der Waals surface area contributed by atoms with Crippen molar-refractivity contribution in [1.82, 2.24) is 0 Å². The fourth-order valence-electron chi connectivity index (χ4n) is 0.529. The maximum absolute atomic E-state index is 8.74. The fourth-order valence-corrected chi connectivity index (χ4v) is 0.529. The zero-order valence-corrected chi connectivity index (χ0v) is 5.09. The second-order valence-electron chi connectivity index (χ2n) is 1.61. The Bertz CT molecular complexity index is 179. The molecule has 1 aromatic carbocycles. The van der Waals surface area contributed by atoms with Gasteiger partial charge in [0.05, 0.1) is 7.11 Å². The average molecular weight is 123 g/mol. The Balaban J connectivity index is 2.88. The summed E-state index contributed by atoms with van der Waals surface area (Å²) in [6.45, 7) is 0. The van der Waals surface area contributed by atoms with Crippen LogP contribution in [0.25, 0.3) is 0 Å². The van der Waals surface area contributed by atoms with Gasteiger partial charge in [-0.25, -0.2) is 0 Å². The Morgan fingerprint density at radius 3 is 2.78 bits per heavy atom. The molecule has 9 heavy (non-hydrogen) atoms. The van der Waals surface area contributed by atoms with E-state index in [-0.39, 0.29) is 5.75 Å². The number of rotatable bonds is 1. The van der Waals surface area contributed by atoms with Crippen LogP contribution in [0, 0.1) is 6.07 Å². The van der Waals surface area contributed by atoms with Crippen LogP contribution in [0.15, 0.2) is 18.2 Å². The summed E-state index contributed by atoms with van der Waals surface area (Å²) in [6.07, 6.45) is 0. The first-order chi connectivity index (χ1) is 4.33. The molecule has 1 N–H and O–H groups in total. The second kappa shape index (κ2) is 2.40. The van der Waals surface area contributed by atoms with Gasteiger partial charge >= 0.3 is 0 Å². The molecule has 0 heterocycles. The normalized spacial score (nSPS) is 9.00. The van der Waals surface area contributed by atoms with Crippen LogP contribution in [0.2, 0.25) is 0 Å². The molecule has 0 aliphatic heterocycles. The summed E-state index contributed by atoms with van der Waals surface area (Å²) < 4.78 is 4.83. The molecule has 0 amide bonds. The van der Waals surface area contributed by atoms with Crippen molar-refractivity contribution in [3.05, 3.63) is 24.3 Å². The van der Waals surface area contributed by atoms with E-state index in [9.17, 15) is 0 Å². The molecule has 0 atom stereocenters. The highest BCUT2D eigenvalue weighted by atomic mass is 16.5. The van der Waals surface area contributed by atoms with E-state index in [1.165, 1.54) is 6.07 Å². The molecule has 0 spiro atoms. The molecule has 0 aliphatic carbocycles. The number of ether oxygens (including phenoxy) is 1. The molecule has 0 aliphatic rings. The summed E-state index contributed by atoms with van der Waals surface area (Å²) in [7, 11) is 1.57. The van der Waals surface area contributed by atoms with E-state index in [1.807, 2.05) is 0 Å². The van der Waals surface area contributed by atoms with Crippen LogP contribution in [-0.4, -0.2) is 12.2 Å². The van der Waals surface area contributed by atoms with E-state index >= 15 is 0 Å². The second-order valence-corrected chi connectivity index (χ2v) is 1.61. The minimum atomic E-state index is 0.135. The largest absolute Gasteiger partial charge is 0.507 e. The quantitative estimate of drug-likeness (QED) is 0.608. The predicted octanol–water partition coefficient (Wildman–Crippen LogP) is 1.20. The molecular formula is C7H7O2. The van der Waals surface area contributed by atoms with E-state index in [1.54, 1.807) is 19.2 Å². The Kier molecular flexibility index (Phi) is 1.58. The van der Waals surface area contributed by atoms with Gasteiger partial charge in [0, 0.05) is 6.07 Å². The van der Waals surface area contributed by atoms with Crippen molar-refractivity contribution in [3.63, 3.8) is 0 Å². The molecular weight excluding hydrogens is 116 g/mol. The summed E-state index contributed by atoms with van der Waals surface area (Å²) in [5, 5.41) is 8.74. The van der Waals surface area contributed by atoms with Crippen LogP contribution < -0.4 is 4.74 Å². The smallest absolute Gasteiger partial charge is 0.123 e. The molecule has 2 heteroatoms. The molecule has 2 nitrogen and oxygen atoms in total. The molecule has 1 aromatic rings. The van der Waals surface area contributed by atoms with Gasteiger partial charge in [-0.15, -0.1) is 0 Å². The van der Waals surface area contributed by atoms with Gasteiger partial charge in [0.25, 0.3) is 0 Å². The summed E-state index contributed by atoms with van der Waals surface area (Å²) in [5.74, 6) is 0.837. The highest BCUT2D eigenvalue weighted by Gasteiger charge is 1.88. The highest BCUT2D eigenvalue weighted by Crippen LogP contribution is 2.13. The number of hydrogen-bond acceptors (Lipinski definition) is 2. The fraction of sp³-hybridized carbons (Fsp3) is 0.143. The van der Waals surface area contributed by atoms with Crippen molar-refractivity contribution >= 4 is 0 Å². The van der Waals surface area contributed by atoms with Gasteiger partial charge in [0.15, 0.2) is 0 Å². The van der Waals surface area contributed by atoms with Crippen LogP contribution in [0.3, 0.4) is 0 Å². The van der Waals surface area contributed by atoms with Crippen molar-refractivity contribution in [3.8, 4) is 11.5 Å².